The summed E-state index contributed by atoms with van der Waals surface area (Å²) in [7, 11) is 3.39. The molecule has 1 aromatic heterocycles. The van der Waals surface area contributed by atoms with E-state index < -0.39 is 0 Å². The number of guanidine groups is 1. The van der Waals surface area contributed by atoms with Crippen LogP contribution in [0, 0.1) is 0 Å². The van der Waals surface area contributed by atoms with Gasteiger partial charge in [0, 0.05) is 38.8 Å². The minimum absolute atomic E-state index is 0.614. The van der Waals surface area contributed by atoms with Crippen LogP contribution in [0.1, 0.15) is 16.7 Å². The fraction of sp³-hybridized carbons (Fsp3) is 0.368. The van der Waals surface area contributed by atoms with Crippen LogP contribution >= 0.6 is 0 Å². The second kappa shape index (κ2) is 8.37. The van der Waals surface area contributed by atoms with E-state index in [1.807, 2.05) is 12.1 Å². The van der Waals surface area contributed by atoms with Crippen molar-refractivity contribution in [1.29, 1.82) is 0 Å². The lowest BCUT2D eigenvalue weighted by atomic mass is 10.1. The molecule has 0 atom stereocenters. The molecule has 0 bridgehead atoms. The average Bonchev–Trinajstić information content (AvgIpc) is 3.12. The molecule has 2 heterocycles. The van der Waals surface area contributed by atoms with Crippen LogP contribution in [-0.2, 0) is 19.4 Å². The first kappa shape index (κ1) is 17.1. The van der Waals surface area contributed by atoms with Crippen molar-refractivity contribution in [2.24, 2.45) is 4.99 Å². The molecule has 1 aliphatic heterocycles. The first-order valence-electron chi connectivity index (χ1n) is 8.46. The van der Waals surface area contributed by atoms with Crippen LogP contribution < -0.4 is 20.1 Å². The second-order valence-corrected chi connectivity index (χ2v) is 5.85. The second-order valence-electron chi connectivity index (χ2n) is 5.85. The highest BCUT2D eigenvalue weighted by Crippen LogP contribution is 2.25. The number of benzene rings is 1. The number of hydrogen-bond donors (Lipinski definition) is 2. The third-order valence-electron chi connectivity index (χ3n) is 4.15. The molecule has 0 spiro atoms. The van der Waals surface area contributed by atoms with Gasteiger partial charge in [0.05, 0.1) is 13.7 Å². The standard InChI is InChI=1S/C19H24N4O2/c1-20-19(23-13-15-6-8-21-18(12-15)24-2)22-9-5-14-3-4-17-16(11-14)7-10-25-17/h3-4,6,8,11-12H,5,7,9-10,13H2,1-2H3,(H2,20,22,23). The minimum atomic E-state index is 0.614. The first-order valence-corrected chi connectivity index (χ1v) is 8.46. The molecule has 6 nitrogen and oxygen atoms in total. The van der Waals surface area contributed by atoms with Crippen molar-refractivity contribution >= 4 is 5.96 Å². The van der Waals surface area contributed by atoms with E-state index in [9.17, 15) is 0 Å². The predicted octanol–water partition coefficient (Wildman–Crippen LogP) is 1.93. The lowest BCUT2D eigenvalue weighted by Gasteiger charge is -2.12. The predicted molar refractivity (Wildman–Crippen MR) is 98.3 cm³/mol. The van der Waals surface area contributed by atoms with Crippen molar-refractivity contribution in [3.05, 3.63) is 53.2 Å². The van der Waals surface area contributed by atoms with Crippen LogP contribution in [0.3, 0.4) is 0 Å². The van der Waals surface area contributed by atoms with Gasteiger partial charge in [0.15, 0.2) is 5.96 Å². The minimum Gasteiger partial charge on any atom is -0.493 e. The van der Waals surface area contributed by atoms with Gasteiger partial charge in [-0.25, -0.2) is 4.98 Å². The lowest BCUT2D eigenvalue weighted by Crippen LogP contribution is -2.37. The summed E-state index contributed by atoms with van der Waals surface area (Å²) in [4.78, 5) is 8.37. The third-order valence-corrected chi connectivity index (χ3v) is 4.15. The summed E-state index contributed by atoms with van der Waals surface area (Å²) in [6.07, 6.45) is 3.69. The van der Waals surface area contributed by atoms with E-state index in [-0.39, 0.29) is 0 Å². The molecule has 0 aliphatic carbocycles. The molecule has 0 saturated carbocycles. The van der Waals surface area contributed by atoms with Crippen LogP contribution in [-0.4, -0.2) is 38.3 Å². The van der Waals surface area contributed by atoms with Gasteiger partial charge in [-0.2, -0.15) is 0 Å². The summed E-state index contributed by atoms with van der Waals surface area (Å²) in [6.45, 7) is 2.28. The monoisotopic (exact) mass is 340 g/mol. The van der Waals surface area contributed by atoms with Crippen LogP contribution in [0.2, 0.25) is 0 Å². The van der Waals surface area contributed by atoms with Crippen molar-refractivity contribution in [1.82, 2.24) is 15.6 Å². The number of ether oxygens (including phenoxy) is 2. The Labute approximate surface area is 148 Å². The molecule has 2 aromatic rings. The molecule has 1 aliphatic rings. The molecule has 6 heteroatoms. The number of hydrogen-bond acceptors (Lipinski definition) is 4. The summed E-state index contributed by atoms with van der Waals surface area (Å²) in [5.41, 5.74) is 3.71. The number of nitrogens with one attached hydrogen (secondary N) is 2. The number of fused-ring (bicyclic) bond motifs is 1. The van der Waals surface area contributed by atoms with Crippen molar-refractivity contribution in [3.8, 4) is 11.6 Å². The maximum Gasteiger partial charge on any atom is 0.213 e. The van der Waals surface area contributed by atoms with Gasteiger partial charge in [-0.15, -0.1) is 0 Å². The maximum atomic E-state index is 5.55. The molecule has 0 saturated heterocycles. The molecular formula is C19H24N4O2. The van der Waals surface area contributed by atoms with E-state index in [0.717, 1.165) is 43.3 Å². The quantitative estimate of drug-likeness (QED) is 0.621. The van der Waals surface area contributed by atoms with Gasteiger partial charge in [-0.1, -0.05) is 12.1 Å². The van der Waals surface area contributed by atoms with Gasteiger partial charge in [0.25, 0.3) is 0 Å². The number of rotatable bonds is 6. The molecule has 132 valence electrons. The van der Waals surface area contributed by atoms with Gasteiger partial charge in [0.1, 0.15) is 5.75 Å². The van der Waals surface area contributed by atoms with E-state index >= 15 is 0 Å². The zero-order chi connectivity index (χ0) is 17.5. The Hall–Kier alpha value is -2.76. The highest BCUT2D eigenvalue weighted by atomic mass is 16.5. The van der Waals surface area contributed by atoms with Crippen LogP contribution in [0.25, 0.3) is 0 Å². The van der Waals surface area contributed by atoms with Crippen molar-refractivity contribution in [2.45, 2.75) is 19.4 Å². The number of nitrogens with zero attached hydrogens (tertiary/aromatic N) is 2. The van der Waals surface area contributed by atoms with Crippen molar-refractivity contribution < 1.29 is 9.47 Å². The summed E-state index contributed by atoms with van der Waals surface area (Å²) in [5.74, 6) is 2.42. The molecule has 25 heavy (non-hydrogen) atoms. The molecule has 2 N–H and O–H groups in total. The van der Waals surface area contributed by atoms with E-state index in [2.05, 4.69) is 38.8 Å². The van der Waals surface area contributed by atoms with Gasteiger partial charge in [-0.3, -0.25) is 4.99 Å². The normalized spacial score (nSPS) is 13.1. The lowest BCUT2D eigenvalue weighted by molar-refractivity contribution is 0.357. The Morgan fingerprint density at radius 3 is 3.00 bits per heavy atom. The first-order chi connectivity index (χ1) is 12.3. The summed E-state index contributed by atoms with van der Waals surface area (Å²) in [6, 6.07) is 10.3. The largest absolute Gasteiger partial charge is 0.493 e. The SMILES string of the molecule is CN=C(NCCc1ccc2c(c1)CCO2)NCc1ccnc(OC)c1. The number of methoxy groups -OCH3 is 1. The zero-order valence-corrected chi connectivity index (χ0v) is 14.7. The van der Waals surface area contributed by atoms with Gasteiger partial charge in [0.2, 0.25) is 5.88 Å². The molecule has 3 rings (SSSR count). The summed E-state index contributed by atoms with van der Waals surface area (Å²) >= 11 is 0. The molecular weight excluding hydrogens is 316 g/mol. The summed E-state index contributed by atoms with van der Waals surface area (Å²) in [5, 5.41) is 6.65. The van der Waals surface area contributed by atoms with Gasteiger partial charge < -0.3 is 20.1 Å². The third kappa shape index (κ3) is 4.62. The Morgan fingerprint density at radius 2 is 2.16 bits per heavy atom. The summed E-state index contributed by atoms with van der Waals surface area (Å²) < 4.78 is 10.7. The molecule has 0 fully saturated rings. The number of aromatic nitrogens is 1. The van der Waals surface area contributed by atoms with E-state index in [1.54, 1.807) is 20.4 Å². The van der Waals surface area contributed by atoms with E-state index in [1.165, 1.54) is 11.1 Å². The highest BCUT2D eigenvalue weighted by molar-refractivity contribution is 5.79. The Balaban J connectivity index is 1.46. The number of pyridine rings is 1. The Morgan fingerprint density at radius 1 is 1.24 bits per heavy atom. The van der Waals surface area contributed by atoms with Gasteiger partial charge in [-0.05, 0) is 35.2 Å². The van der Waals surface area contributed by atoms with Crippen molar-refractivity contribution in [2.75, 3.05) is 27.3 Å². The van der Waals surface area contributed by atoms with Gasteiger partial charge >= 0.3 is 0 Å². The zero-order valence-electron chi connectivity index (χ0n) is 14.7. The molecule has 1 aromatic carbocycles. The fourth-order valence-corrected chi connectivity index (χ4v) is 2.80. The van der Waals surface area contributed by atoms with Crippen LogP contribution in [0.4, 0.5) is 0 Å². The molecule has 0 radical (unpaired) electrons. The van der Waals surface area contributed by atoms with Crippen LogP contribution in [0.5, 0.6) is 11.6 Å². The maximum absolute atomic E-state index is 5.55. The Bertz CT molecular complexity index is 746. The Kier molecular flexibility index (Phi) is 5.72. The highest BCUT2D eigenvalue weighted by Gasteiger charge is 2.11. The van der Waals surface area contributed by atoms with E-state index in [0.29, 0.717) is 12.4 Å². The average molecular weight is 340 g/mol. The van der Waals surface area contributed by atoms with E-state index in [4.69, 9.17) is 9.47 Å². The van der Waals surface area contributed by atoms with Crippen molar-refractivity contribution in [3.63, 3.8) is 0 Å². The fourth-order valence-electron chi connectivity index (χ4n) is 2.80. The molecule has 0 unspecified atom stereocenters. The van der Waals surface area contributed by atoms with Crippen LogP contribution in [0.15, 0.2) is 41.5 Å². The smallest absolute Gasteiger partial charge is 0.213 e. The number of aliphatic imine (C=N–C) groups is 1. The topological polar surface area (TPSA) is 67.8 Å². The molecule has 0 amide bonds.